The van der Waals surface area contributed by atoms with Crippen molar-refractivity contribution in [2.24, 2.45) is 0 Å². The van der Waals surface area contributed by atoms with Gasteiger partial charge in [-0.05, 0) is 36.8 Å². The van der Waals surface area contributed by atoms with E-state index >= 15 is 0 Å². The van der Waals surface area contributed by atoms with E-state index < -0.39 is 21.5 Å². The van der Waals surface area contributed by atoms with Gasteiger partial charge < -0.3 is 5.32 Å². The van der Waals surface area contributed by atoms with Gasteiger partial charge in [-0.3, -0.25) is 4.79 Å². The lowest BCUT2D eigenvalue weighted by Gasteiger charge is -2.14. The Morgan fingerprint density at radius 3 is 2.36 bits per heavy atom. The molecule has 0 fully saturated rings. The fraction of sp³-hybridized carbons (Fsp3) is 0.235. The summed E-state index contributed by atoms with van der Waals surface area (Å²) in [5.74, 6) is -1.71. The number of hydrogen-bond donors (Lipinski definition) is 1. The normalized spacial score (nSPS) is 12.6. The minimum absolute atomic E-state index is 0.0195. The van der Waals surface area contributed by atoms with Gasteiger partial charge in [0.05, 0.1) is 16.7 Å². The minimum atomic E-state index is -3.27. The number of rotatable bonds is 6. The lowest BCUT2D eigenvalue weighted by atomic mass is 10.1. The molecule has 2 aromatic rings. The average Bonchev–Trinajstić information content (AvgIpc) is 2.53. The smallest absolute Gasteiger partial charge is 0.230 e. The monoisotopic (exact) mass is 385 g/mol. The van der Waals surface area contributed by atoms with Crippen LogP contribution < -0.4 is 5.32 Å². The van der Waals surface area contributed by atoms with Crippen molar-refractivity contribution in [2.45, 2.75) is 22.8 Å². The molecule has 1 amide bonds. The molecule has 0 heterocycles. The van der Waals surface area contributed by atoms with Crippen LogP contribution in [0.2, 0.25) is 0 Å². The molecule has 2 aromatic carbocycles. The molecule has 0 aliphatic heterocycles. The summed E-state index contributed by atoms with van der Waals surface area (Å²) in [7, 11) is -3.27. The van der Waals surface area contributed by atoms with E-state index in [-0.39, 0.29) is 27.5 Å². The molecule has 0 bridgehead atoms. The van der Waals surface area contributed by atoms with Crippen LogP contribution in [0.5, 0.6) is 0 Å². The van der Waals surface area contributed by atoms with Crippen molar-refractivity contribution in [3.8, 4) is 0 Å². The molecular formula is C17H17F2NO3S2. The van der Waals surface area contributed by atoms with Gasteiger partial charge in [0, 0.05) is 17.2 Å². The highest BCUT2D eigenvalue weighted by Crippen LogP contribution is 2.22. The zero-order valence-electron chi connectivity index (χ0n) is 13.6. The number of hydrogen-bond acceptors (Lipinski definition) is 4. The van der Waals surface area contributed by atoms with E-state index in [1.54, 1.807) is 19.1 Å². The predicted octanol–water partition coefficient (Wildman–Crippen LogP) is 3.34. The Morgan fingerprint density at radius 1 is 1.16 bits per heavy atom. The first kappa shape index (κ1) is 19.4. The van der Waals surface area contributed by atoms with E-state index in [1.807, 2.05) is 0 Å². The SMILES string of the molecule is CC(NC(=O)CSc1ccc(F)cc1F)c1ccc(S(C)(=O)=O)cc1. The Bertz CT molecular complexity index is 868. The molecule has 2 rings (SSSR count). The minimum Gasteiger partial charge on any atom is -0.349 e. The van der Waals surface area contributed by atoms with Gasteiger partial charge in [0.25, 0.3) is 0 Å². The number of amides is 1. The number of halogens is 2. The van der Waals surface area contributed by atoms with Crippen LogP contribution in [0, 0.1) is 11.6 Å². The molecular weight excluding hydrogens is 368 g/mol. The van der Waals surface area contributed by atoms with Crippen LogP contribution in [0.15, 0.2) is 52.3 Å². The van der Waals surface area contributed by atoms with E-state index in [4.69, 9.17) is 0 Å². The molecule has 0 spiro atoms. The topological polar surface area (TPSA) is 63.2 Å². The molecule has 0 saturated carbocycles. The highest BCUT2D eigenvalue weighted by Gasteiger charge is 2.13. The third-order valence-electron chi connectivity index (χ3n) is 3.44. The van der Waals surface area contributed by atoms with Gasteiger partial charge in [0.2, 0.25) is 5.91 Å². The van der Waals surface area contributed by atoms with Gasteiger partial charge in [-0.2, -0.15) is 0 Å². The third kappa shape index (κ3) is 5.54. The lowest BCUT2D eigenvalue weighted by Crippen LogP contribution is -2.28. The van der Waals surface area contributed by atoms with E-state index in [0.29, 0.717) is 0 Å². The van der Waals surface area contributed by atoms with Crippen LogP contribution in [0.25, 0.3) is 0 Å². The third-order valence-corrected chi connectivity index (χ3v) is 5.62. The molecule has 0 aliphatic carbocycles. The number of carbonyl (C=O) groups excluding carboxylic acids is 1. The highest BCUT2D eigenvalue weighted by molar-refractivity contribution is 8.00. The summed E-state index contributed by atoms with van der Waals surface area (Å²) in [6, 6.07) is 9.09. The number of thioether (sulfide) groups is 1. The second-order valence-electron chi connectivity index (χ2n) is 5.49. The summed E-state index contributed by atoms with van der Waals surface area (Å²) < 4.78 is 49.2. The number of sulfone groups is 1. The number of carbonyl (C=O) groups is 1. The van der Waals surface area contributed by atoms with Gasteiger partial charge in [-0.25, -0.2) is 17.2 Å². The first-order valence-corrected chi connectivity index (χ1v) is 10.2. The quantitative estimate of drug-likeness (QED) is 0.775. The van der Waals surface area contributed by atoms with Crippen molar-refractivity contribution < 1.29 is 22.0 Å². The van der Waals surface area contributed by atoms with Crippen molar-refractivity contribution >= 4 is 27.5 Å². The van der Waals surface area contributed by atoms with Crippen LogP contribution in [0.3, 0.4) is 0 Å². The molecule has 25 heavy (non-hydrogen) atoms. The largest absolute Gasteiger partial charge is 0.349 e. The van der Waals surface area contributed by atoms with Crippen molar-refractivity contribution in [2.75, 3.05) is 12.0 Å². The van der Waals surface area contributed by atoms with Gasteiger partial charge in [-0.1, -0.05) is 12.1 Å². The van der Waals surface area contributed by atoms with Crippen LogP contribution >= 0.6 is 11.8 Å². The second kappa shape index (κ2) is 7.97. The van der Waals surface area contributed by atoms with Crippen molar-refractivity contribution in [3.63, 3.8) is 0 Å². The summed E-state index contributed by atoms with van der Waals surface area (Å²) in [6.07, 6.45) is 1.12. The molecule has 0 aliphatic rings. The van der Waals surface area contributed by atoms with Crippen LogP contribution in [0.4, 0.5) is 8.78 Å². The van der Waals surface area contributed by atoms with Gasteiger partial charge >= 0.3 is 0 Å². The van der Waals surface area contributed by atoms with Crippen LogP contribution in [-0.2, 0) is 14.6 Å². The predicted molar refractivity (Wildman–Crippen MR) is 93.2 cm³/mol. The van der Waals surface area contributed by atoms with E-state index in [1.165, 1.54) is 18.2 Å². The molecule has 0 saturated heterocycles. The molecule has 0 aromatic heterocycles. The maximum Gasteiger partial charge on any atom is 0.230 e. The van der Waals surface area contributed by atoms with Crippen LogP contribution in [-0.4, -0.2) is 26.3 Å². The molecule has 4 nitrogen and oxygen atoms in total. The second-order valence-corrected chi connectivity index (χ2v) is 8.53. The Hall–Kier alpha value is -1.93. The zero-order chi connectivity index (χ0) is 18.6. The maximum absolute atomic E-state index is 13.5. The standard InChI is InChI=1S/C17H17F2NO3S2/c1-11(12-3-6-14(7-4-12)25(2,22)23)20-17(21)10-24-16-8-5-13(18)9-15(16)19/h3-9,11H,10H2,1-2H3,(H,20,21). The van der Waals surface area contributed by atoms with E-state index in [9.17, 15) is 22.0 Å². The van der Waals surface area contributed by atoms with Gasteiger partial charge in [-0.15, -0.1) is 11.8 Å². The Kier molecular flexibility index (Phi) is 6.18. The maximum atomic E-state index is 13.5. The lowest BCUT2D eigenvalue weighted by molar-refractivity contribution is -0.119. The molecule has 1 atom stereocenters. The number of benzene rings is 2. The number of nitrogens with one attached hydrogen (secondary N) is 1. The molecule has 0 radical (unpaired) electrons. The summed E-state index contributed by atoms with van der Waals surface area (Å²) in [4.78, 5) is 12.4. The highest BCUT2D eigenvalue weighted by atomic mass is 32.2. The molecule has 8 heteroatoms. The average molecular weight is 385 g/mol. The van der Waals surface area contributed by atoms with E-state index in [0.717, 1.165) is 35.7 Å². The van der Waals surface area contributed by atoms with Crippen LogP contribution in [0.1, 0.15) is 18.5 Å². The summed E-state index contributed by atoms with van der Waals surface area (Å²) in [6.45, 7) is 1.76. The Morgan fingerprint density at radius 2 is 1.80 bits per heavy atom. The van der Waals surface area contributed by atoms with Gasteiger partial charge in [0.1, 0.15) is 11.6 Å². The van der Waals surface area contributed by atoms with Crippen molar-refractivity contribution in [3.05, 3.63) is 59.7 Å². The van der Waals surface area contributed by atoms with Gasteiger partial charge in [0.15, 0.2) is 9.84 Å². The molecule has 1 N–H and O–H groups in total. The molecule has 1 unspecified atom stereocenters. The Labute approximate surface area is 149 Å². The summed E-state index contributed by atoms with van der Waals surface area (Å²) >= 11 is 0.974. The summed E-state index contributed by atoms with van der Waals surface area (Å²) in [5.41, 5.74) is 0.749. The first-order chi connectivity index (χ1) is 11.7. The fourth-order valence-electron chi connectivity index (χ4n) is 2.11. The zero-order valence-corrected chi connectivity index (χ0v) is 15.3. The fourth-order valence-corrected chi connectivity index (χ4v) is 3.47. The summed E-state index contributed by atoms with van der Waals surface area (Å²) in [5, 5.41) is 2.75. The van der Waals surface area contributed by atoms with Crippen molar-refractivity contribution in [1.82, 2.24) is 5.32 Å². The van der Waals surface area contributed by atoms with E-state index in [2.05, 4.69) is 5.32 Å². The first-order valence-electron chi connectivity index (χ1n) is 7.34. The van der Waals surface area contributed by atoms with Crippen molar-refractivity contribution in [1.29, 1.82) is 0 Å². The molecule has 134 valence electrons. The Balaban J connectivity index is 1.93.